The van der Waals surface area contributed by atoms with E-state index in [9.17, 15) is 4.79 Å². The maximum Gasteiger partial charge on any atom is 0.134 e. The predicted molar refractivity (Wildman–Crippen MR) is 53.6 cm³/mol. The molecule has 0 amide bonds. The number of Topliss-reactive ketones (excluding diaryl/α,β-unsaturated/α-hetero) is 1. The number of piperidine rings is 1. The Bertz CT molecular complexity index is 159. The zero-order chi connectivity index (χ0) is 8.97. The second-order valence-electron chi connectivity index (χ2n) is 3.44. The standard InChI is InChI=1S/C9H16BrNO/c1-8(12)9-3-2-5-11(7-9)6-4-10/h9H,2-7H2,1H3. The molecule has 1 fully saturated rings. The van der Waals surface area contributed by atoms with Crippen LogP contribution in [-0.2, 0) is 4.79 Å². The quantitative estimate of drug-likeness (QED) is 0.692. The van der Waals surface area contributed by atoms with Crippen molar-refractivity contribution in [2.45, 2.75) is 19.8 Å². The Morgan fingerprint density at radius 2 is 2.42 bits per heavy atom. The molecule has 0 aromatic rings. The van der Waals surface area contributed by atoms with Gasteiger partial charge in [0.05, 0.1) is 0 Å². The number of nitrogens with zero attached hydrogens (tertiary/aromatic N) is 1. The molecule has 12 heavy (non-hydrogen) atoms. The van der Waals surface area contributed by atoms with E-state index in [1.165, 1.54) is 6.42 Å². The summed E-state index contributed by atoms with van der Waals surface area (Å²) in [6.45, 7) is 4.92. The lowest BCUT2D eigenvalue weighted by molar-refractivity contribution is -0.122. The van der Waals surface area contributed by atoms with Crippen LogP contribution in [-0.4, -0.2) is 35.6 Å². The third-order valence-corrected chi connectivity index (χ3v) is 2.84. The zero-order valence-corrected chi connectivity index (χ0v) is 9.14. The zero-order valence-electron chi connectivity index (χ0n) is 7.55. The minimum atomic E-state index is 0.304. The van der Waals surface area contributed by atoms with Gasteiger partial charge in [-0.05, 0) is 26.3 Å². The summed E-state index contributed by atoms with van der Waals surface area (Å²) >= 11 is 3.42. The summed E-state index contributed by atoms with van der Waals surface area (Å²) in [6.07, 6.45) is 2.27. The molecule has 2 nitrogen and oxygen atoms in total. The van der Waals surface area contributed by atoms with E-state index in [-0.39, 0.29) is 0 Å². The van der Waals surface area contributed by atoms with Crippen LogP contribution in [0.25, 0.3) is 0 Å². The van der Waals surface area contributed by atoms with Crippen LogP contribution in [0.1, 0.15) is 19.8 Å². The van der Waals surface area contributed by atoms with Crippen molar-refractivity contribution >= 4 is 21.7 Å². The van der Waals surface area contributed by atoms with E-state index in [4.69, 9.17) is 0 Å². The van der Waals surface area contributed by atoms with Crippen molar-refractivity contribution in [2.75, 3.05) is 25.0 Å². The number of hydrogen-bond donors (Lipinski definition) is 0. The molecule has 1 atom stereocenters. The molecule has 0 spiro atoms. The molecule has 1 aliphatic rings. The minimum absolute atomic E-state index is 0.304. The Balaban J connectivity index is 2.35. The van der Waals surface area contributed by atoms with Crippen molar-refractivity contribution in [3.63, 3.8) is 0 Å². The average molecular weight is 234 g/mol. The average Bonchev–Trinajstić information content (AvgIpc) is 2.05. The number of likely N-dealkylation sites (tertiary alicyclic amines) is 1. The van der Waals surface area contributed by atoms with Gasteiger partial charge in [-0.15, -0.1) is 0 Å². The smallest absolute Gasteiger partial charge is 0.134 e. The largest absolute Gasteiger partial charge is 0.302 e. The summed E-state index contributed by atoms with van der Waals surface area (Å²) in [5.41, 5.74) is 0. The minimum Gasteiger partial charge on any atom is -0.302 e. The van der Waals surface area contributed by atoms with E-state index in [2.05, 4.69) is 20.8 Å². The van der Waals surface area contributed by atoms with Gasteiger partial charge in [-0.3, -0.25) is 4.79 Å². The van der Waals surface area contributed by atoms with E-state index >= 15 is 0 Å². The monoisotopic (exact) mass is 233 g/mol. The van der Waals surface area contributed by atoms with E-state index in [0.29, 0.717) is 11.7 Å². The SMILES string of the molecule is CC(=O)C1CCCN(CCBr)C1. The summed E-state index contributed by atoms with van der Waals surface area (Å²) in [5.74, 6) is 0.659. The number of rotatable bonds is 3. The van der Waals surface area contributed by atoms with E-state index < -0.39 is 0 Å². The molecule has 3 heteroatoms. The second-order valence-corrected chi connectivity index (χ2v) is 4.23. The molecule has 0 aromatic carbocycles. The summed E-state index contributed by atoms with van der Waals surface area (Å²) in [5, 5.41) is 1.01. The van der Waals surface area contributed by atoms with Crippen molar-refractivity contribution in [1.29, 1.82) is 0 Å². The fraction of sp³-hybridized carbons (Fsp3) is 0.889. The first kappa shape index (κ1) is 10.2. The Morgan fingerprint density at radius 3 is 3.00 bits per heavy atom. The Hall–Kier alpha value is 0.110. The van der Waals surface area contributed by atoms with E-state index in [0.717, 1.165) is 31.4 Å². The van der Waals surface area contributed by atoms with Gasteiger partial charge in [0.15, 0.2) is 0 Å². The topological polar surface area (TPSA) is 20.3 Å². The van der Waals surface area contributed by atoms with Crippen LogP contribution >= 0.6 is 15.9 Å². The highest BCUT2D eigenvalue weighted by atomic mass is 79.9. The van der Waals surface area contributed by atoms with Crippen molar-refractivity contribution in [1.82, 2.24) is 4.90 Å². The maximum absolute atomic E-state index is 11.1. The van der Waals surface area contributed by atoms with Gasteiger partial charge in [0, 0.05) is 24.3 Å². The molecule has 1 saturated heterocycles. The number of carbonyl (C=O) groups excluding carboxylic acids is 1. The number of ketones is 1. The van der Waals surface area contributed by atoms with E-state index in [1.54, 1.807) is 6.92 Å². The molecular formula is C9H16BrNO. The van der Waals surface area contributed by atoms with Gasteiger partial charge in [0.1, 0.15) is 5.78 Å². The summed E-state index contributed by atoms with van der Waals surface area (Å²) in [4.78, 5) is 13.5. The molecule has 0 radical (unpaired) electrons. The molecule has 0 N–H and O–H groups in total. The molecule has 1 unspecified atom stereocenters. The summed E-state index contributed by atoms with van der Waals surface area (Å²) in [7, 11) is 0. The molecule has 1 aliphatic heterocycles. The third kappa shape index (κ3) is 2.87. The summed E-state index contributed by atoms with van der Waals surface area (Å²) < 4.78 is 0. The highest BCUT2D eigenvalue weighted by Crippen LogP contribution is 2.16. The van der Waals surface area contributed by atoms with Crippen molar-refractivity contribution in [3.05, 3.63) is 0 Å². The first-order chi connectivity index (χ1) is 5.74. The highest BCUT2D eigenvalue weighted by Gasteiger charge is 2.22. The molecule has 1 heterocycles. The molecule has 0 aliphatic carbocycles. The van der Waals surface area contributed by atoms with E-state index in [1.807, 2.05) is 0 Å². The fourth-order valence-electron chi connectivity index (χ4n) is 1.71. The normalized spacial score (nSPS) is 25.7. The number of carbonyl (C=O) groups is 1. The van der Waals surface area contributed by atoms with Crippen LogP contribution in [0.2, 0.25) is 0 Å². The van der Waals surface area contributed by atoms with Crippen LogP contribution in [0, 0.1) is 5.92 Å². The van der Waals surface area contributed by atoms with Crippen molar-refractivity contribution < 1.29 is 4.79 Å². The van der Waals surface area contributed by atoms with Crippen LogP contribution in [0.5, 0.6) is 0 Å². The predicted octanol–water partition coefficient (Wildman–Crippen LogP) is 1.68. The number of alkyl halides is 1. The lowest BCUT2D eigenvalue weighted by Crippen LogP contribution is -2.38. The van der Waals surface area contributed by atoms with Gasteiger partial charge >= 0.3 is 0 Å². The van der Waals surface area contributed by atoms with Gasteiger partial charge < -0.3 is 4.90 Å². The number of hydrogen-bond acceptors (Lipinski definition) is 2. The molecular weight excluding hydrogens is 218 g/mol. The maximum atomic E-state index is 11.1. The van der Waals surface area contributed by atoms with Gasteiger partial charge in [-0.2, -0.15) is 0 Å². The van der Waals surface area contributed by atoms with Crippen molar-refractivity contribution in [2.24, 2.45) is 5.92 Å². The number of halogens is 1. The second kappa shape index (κ2) is 4.97. The third-order valence-electron chi connectivity index (χ3n) is 2.48. The molecule has 0 saturated carbocycles. The fourth-order valence-corrected chi connectivity index (χ4v) is 2.21. The lowest BCUT2D eigenvalue weighted by atomic mass is 9.95. The Kier molecular flexibility index (Phi) is 4.22. The first-order valence-corrected chi connectivity index (χ1v) is 5.65. The Labute approximate surface area is 82.4 Å². The van der Waals surface area contributed by atoms with Gasteiger partial charge in [0.25, 0.3) is 0 Å². The molecule has 70 valence electrons. The molecule has 1 rings (SSSR count). The van der Waals surface area contributed by atoms with Crippen LogP contribution in [0.4, 0.5) is 0 Å². The molecule has 0 bridgehead atoms. The van der Waals surface area contributed by atoms with Gasteiger partial charge in [-0.1, -0.05) is 15.9 Å². The van der Waals surface area contributed by atoms with Crippen LogP contribution < -0.4 is 0 Å². The first-order valence-electron chi connectivity index (χ1n) is 4.53. The highest BCUT2D eigenvalue weighted by molar-refractivity contribution is 9.09. The van der Waals surface area contributed by atoms with Crippen LogP contribution in [0.15, 0.2) is 0 Å². The summed E-state index contributed by atoms with van der Waals surface area (Å²) in [6, 6.07) is 0. The Morgan fingerprint density at radius 1 is 1.67 bits per heavy atom. The van der Waals surface area contributed by atoms with Gasteiger partial charge in [0.2, 0.25) is 0 Å². The van der Waals surface area contributed by atoms with Crippen LogP contribution in [0.3, 0.4) is 0 Å². The van der Waals surface area contributed by atoms with Gasteiger partial charge in [-0.25, -0.2) is 0 Å². The van der Waals surface area contributed by atoms with Crippen molar-refractivity contribution in [3.8, 4) is 0 Å². The lowest BCUT2D eigenvalue weighted by Gasteiger charge is -2.30. The molecule has 0 aromatic heterocycles.